The zero-order valence-electron chi connectivity index (χ0n) is 56.8. The maximum atomic E-state index is 7.50. The number of ether oxygens (including phenoxy) is 8. The quantitative estimate of drug-likeness (QED) is 0.0261. The average Bonchev–Trinajstić information content (AvgIpc) is 1.60. The van der Waals surface area contributed by atoms with Gasteiger partial charge in [-0.3, -0.25) is 0 Å². The second-order valence-corrected chi connectivity index (χ2v) is 27.1. The van der Waals surface area contributed by atoms with Gasteiger partial charge >= 0.3 is 17.1 Å². The van der Waals surface area contributed by atoms with Gasteiger partial charge in [-0.05, 0) is 51.4 Å². The van der Waals surface area contributed by atoms with Gasteiger partial charge < -0.3 is 67.8 Å². The fourth-order valence-corrected chi connectivity index (χ4v) is 13.4. The number of aromatic nitrogens is 8. The van der Waals surface area contributed by atoms with E-state index in [2.05, 4.69) is 55.4 Å². The number of benzene rings is 4. The van der Waals surface area contributed by atoms with Gasteiger partial charge in [-0.2, -0.15) is 0 Å². The van der Waals surface area contributed by atoms with Gasteiger partial charge in [-0.25, -0.2) is 9.97 Å². The van der Waals surface area contributed by atoms with Crippen LogP contribution in [-0.4, -0.2) is 82.8 Å². The first kappa shape index (κ1) is 78.2. The Morgan fingerprint density at radius 1 is 0.227 bits per heavy atom. The molecule has 0 spiro atoms. The van der Waals surface area contributed by atoms with Crippen molar-refractivity contribution in [2.45, 2.75) is 209 Å². The van der Waals surface area contributed by atoms with Crippen molar-refractivity contribution >= 4 is 137 Å². The van der Waals surface area contributed by atoms with Crippen molar-refractivity contribution in [2.75, 3.05) is 52.9 Å². The summed E-state index contributed by atoms with van der Waals surface area (Å²) in [5.41, 5.74) is 1.51. The summed E-state index contributed by atoms with van der Waals surface area (Å²) in [5, 5.41) is 1.93. The summed E-state index contributed by atoms with van der Waals surface area (Å²) in [6.45, 7) is 19.1. The maximum Gasteiger partial charge on any atom is 2.00 e. The first-order valence-electron chi connectivity index (χ1n) is 34.7. The second kappa shape index (κ2) is 38.5. The largest absolute Gasteiger partial charge is 2.00 e. The maximum absolute atomic E-state index is 7.50. The van der Waals surface area contributed by atoms with Crippen molar-refractivity contribution < 1.29 is 55.0 Å². The summed E-state index contributed by atoms with van der Waals surface area (Å²) >= 11 is 60.0. The molecular weight excluding hydrogens is 1450 g/mol. The van der Waals surface area contributed by atoms with E-state index in [1.165, 1.54) is 0 Å². The van der Waals surface area contributed by atoms with Crippen LogP contribution in [0.25, 0.3) is 89.7 Å². The van der Waals surface area contributed by atoms with Crippen LogP contribution in [-0.2, 0) is 17.1 Å². The summed E-state index contributed by atoms with van der Waals surface area (Å²) in [4.78, 5) is 43.5. The predicted molar refractivity (Wildman–Crippen MR) is 394 cm³/mol. The number of nitrogens with zero attached hydrogens (tertiary/aromatic N) is 8. The minimum absolute atomic E-state index is 0. The first-order chi connectivity index (χ1) is 46.7. The molecule has 0 atom stereocenters. The molecule has 0 saturated carbocycles. The van der Waals surface area contributed by atoms with E-state index < -0.39 is 0 Å². The van der Waals surface area contributed by atoms with Gasteiger partial charge in [0.05, 0.1) is 98.4 Å². The first-order valence-corrected chi connectivity index (χ1v) is 37.7. The number of rotatable bonds is 40. The third-order valence-electron chi connectivity index (χ3n) is 16.6. The molecule has 0 amide bonds. The van der Waals surface area contributed by atoms with Crippen LogP contribution in [0.1, 0.15) is 209 Å². The molecule has 0 fully saturated rings. The smallest absolute Gasteiger partial charge is 0.491 e. The molecule has 8 bridgehead atoms. The van der Waals surface area contributed by atoms with E-state index in [1.54, 1.807) is 0 Å². The third-order valence-corrected chi connectivity index (χ3v) is 19.9. The van der Waals surface area contributed by atoms with Gasteiger partial charge in [0.1, 0.15) is 86.2 Å². The molecule has 2 aliphatic heterocycles. The van der Waals surface area contributed by atoms with Gasteiger partial charge in [0.15, 0.2) is 0 Å². The average molecular weight is 1540 g/mol. The normalized spacial score (nSPS) is 11.7. The monoisotopic (exact) mass is 1540 g/mol. The number of hydrogen-bond donors (Lipinski definition) is 0. The fraction of sp³-hybridized carbons (Fsp3) is 0.556. The van der Waals surface area contributed by atoms with Crippen molar-refractivity contribution in [1.29, 1.82) is 0 Å². The molecule has 0 unspecified atom stereocenters. The Kier molecular flexibility index (Phi) is 31.0. The Balaban J connectivity index is 0.0000120. The Morgan fingerprint density at radius 2 is 0.381 bits per heavy atom. The minimum atomic E-state index is 0. The molecule has 5 heterocycles. The van der Waals surface area contributed by atoms with E-state index in [0.717, 1.165) is 103 Å². The van der Waals surface area contributed by atoms with E-state index in [0.29, 0.717) is 95.2 Å². The molecule has 0 N–H and O–H groups in total. The second-order valence-electron chi connectivity index (χ2n) is 24.1. The Morgan fingerprint density at radius 3 is 0.546 bits per heavy atom. The molecular formula is C72H88Cl8CuN8O8. The van der Waals surface area contributed by atoms with Gasteiger partial charge in [0, 0.05) is 44.1 Å². The van der Waals surface area contributed by atoms with Crippen molar-refractivity contribution in [1.82, 2.24) is 39.9 Å². The topological polar surface area (TPSA) is 179 Å². The predicted octanol–water partition coefficient (Wildman–Crippen LogP) is 23.9. The Hall–Kier alpha value is -4.52. The van der Waals surface area contributed by atoms with E-state index in [-0.39, 0.29) is 202 Å². The molecule has 9 rings (SSSR count). The third kappa shape index (κ3) is 17.7. The number of hydrogen-bond acceptors (Lipinski definition) is 14. The minimum Gasteiger partial charge on any atom is -0.491 e. The molecule has 16 nitrogen and oxygen atoms in total. The van der Waals surface area contributed by atoms with Crippen LogP contribution in [0.2, 0.25) is 40.2 Å². The molecule has 25 heteroatoms. The van der Waals surface area contributed by atoms with E-state index in [4.69, 9.17) is 171 Å². The summed E-state index contributed by atoms with van der Waals surface area (Å²) in [5.74, 6) is 1.79. The SMILES string of the molecule is CCCCCOc1c(Cl)c(Cl)c(OCCCCC)c2c1-c1nc-2nc2[n-]c(nc3nc(nc4[n-]c(n1)c1c(OCCCCC)c(Cl)c(Cl)c(OCCCCC)c41)-c1c(OCCCCC)c(Cl)c(Cl)c(OCCCCC)c1-3)c1c(OCCCCC)c(Cl)c(Cl)c(OCCCCC)c21.[Cu+2]. The molecule has 0 aliphatic carbocycles. The van der Waals surface area contributed by atoms with Crippen LogP contribution in [0.15, 0.2) is 0 Å². The number of fused-ring (bicyclic) bond motifs is 20. The molecule has 97 heavy (non-hydrogen) atoms. The number of halogens is 8. The number of unbranched alkanes of at least 4 members (excludes halogenated alkanes) is 16. The van der Waals surface area contributed by atoms with Crippen LogP contribution >= 0.6 is 92.8 Å². The molecule has 1 radical (unpaired) electrons. The van der Waals surface area contributed by atoms with E-state index in [9.17, 15) is 0 Å². The molecule has 2 aliphatic rings. The van der Waals surface area contributed by atoms with Crippen LogP contribution < -0.4 is 47.9 Å². The van der Waals surface area contributed by atoms with Crippen molar-refractivity contribution in [3.8, 4) is 91.5 Å². The molecule has 7 aromatic rings. The van der Waals surface area contributed by atoms with Crippen molar-refractivity contribution in [3.05, 3.63) is 40.2 Å². The van der Waals surface area contributed by atoms with Gasteiger partial charge in [0.25, 0.3) is 0 Å². The van der Waals surface area contributed by atoms with Crippen LogP contribution in [0.4, 0.5) is 0 Å². The molecule has 3 aromatic heterocycles. The Labute approximate surface area is 621 Å². The standard InChI is InChI=1S/C72H88Cl8N8O8.Cu/c1-9-17-25-33-89-57-41-42(58(50(74)49(57)73)90-34-26-18-10-2)66-81-65(41)85-67-43-44(60(92-36-28-20-12-4)52(76)51(75)59(43)91-35-27-19-11-3)69(82-67)87-71-47-48(64(96-40-32-24-16-8)56(80)55(79)63(47)95-39-31-23-15-7)72(84-71)88-70-46-45(68(83-70)86-66)61(93-37-29-21-13-5)53(77)54(78)62(46)94-38-30-22-14-6;/h9-40H2,1-8H3;/q-2;+2. The molecule has 4 aromatic carbocycles. The van der Waals surface area contributed by atoms with Crippen molar-refractivity contribution in [2.24, 2.45) is 0 Å². The van der Waals surface area contributed by atoms with Gasteiger partial charge in [-0.1, -0.05) is 251 Å². The molecule has 0 saturated heterocycles. The van der Waals surface area contributed by atoms with Gasteiger partial charge in [-0.15, -0.1) is 0 Å². The van der Waals surface area contributed by atoms with Crippen LogP contribution in [0.5, 0.6) is 46.0 Å². The summed E-state index contributed by atoms with van der Waals surface area (Å²) in [6, 6.07) is 0. The van der Waals surface area contributed by atoms with Gasteiger partial charge in [0.2, 0.25) is 0 Å². The zero-order valence-corrected chi connectivity index (χ0v) is 63.8. The van der Waals surface area contributed by atoms with E-state index >= 15 is 0 Å². The summed E-state index contributed by atoms with van der Waals surface area (Å²) in [7, 11) is 0. The summed E-state index contributed by atoms with van der Waals surface area (Å²) < 4.78 is 54.3. The van der Waals surface area contributed by atoms with E-state index in [1.807, 2.05) is 0 Å². The summed E-state index contributed by atoms with van der Waals surface area (Å²) in [6.07, 6.45) is 20.1. The Bertz CT molecular complexity index is 3530. The van der Waals surface area contributed by atoms with Crippen LogP contribution in [0, 0.1) is 0 Å². The molecule has 531 valence electrons. The van der Waals surface area contributed by atoms with Crippen LogP contribution in [0.3, 0.4) is 0 Å². The van der Waals surface area contributed by atoms with Crippen molar-refractivity contribution in [3.63, 3.8) is 0 Å². The zero-order chi connectivity index (χ0) is 68.4. The fourth-order valence-electron chi connectivity index (χ4n) is 11.5.